The van der Waals surface area contributed by atoms with E-state index in [-0.39, 0.29) is 0 Å². The van der Waals surface area contributed by atoms with Crippen LogP contribution < -0.4 is 5.73 Å². The van der Waals surface area contributed by atoms with Gasteiger partial charge in [0.1, 0.15) is 0 Å². The molecule has 0 aromatic heterocycles. The number of piperidine rings is 1. The number of nitrogens with zero attached hydrogens (tertiary/aromatic N) is 2. The highest BCUT2D eigenvalue weighted by molar-refractivity contribution is 5.78. The Morgan fingerprint density at radius 2 is 2.13 bits per heavy atom. The normalized spacial score (nSPS) is 23.5. The maximum absolute atomic E-state index is 10.3. The van der Waals surface area contributed by atoms with Crippen LogP contribution in [0.15, 0.2) is 16.8 Å². The van der Waals surface area contributed by atoms with E-state index in [1.54, 1.807) is 13.3 Å². The monoisotopic (exact) mass is 211 g/mol. The average molecular weight is 211 g/mol. The number of hydrogen-bond donors (Lipinski definition) is 2. The number of hydrogen-bond acceptors (Lipinski definition) is 4. The molecule has 0 atom stereocenters. The van der Waals surface area contributed by atoms with E-state index >= 15 is 0 Å². The lowest BCUT2D eigenvalue weighted by Crippen LogP contribution is -2.43. The van der Waals surface area contributed by atoms with Gasteiger partial charge in [0, 0.05) is 32.8 Å². The van der Waals surface area contributed by atoms with E-state index in [1.165, 1.54) is 6.20 Å². The van der Waals surface area contributed by atoms with Crippen molar-refractivity contribution < 1.29 is 5.11 Å². The number of rotatable bonds is 3. The van der Waals surface area contributed by atoms with Gasteiger partial charge >= 0.3 is 0 Å². The lowest BCUT2D eigenvalue weighted by molar-refractivity contribution is -0.0139. The quantitative estimate of drug-likeness (QED) is 0.663. The van der Waals surface area contributed by atoms with Crippen molar-refractivity contribution in [2.75, 3.05) is 27.2 Å². The Kier molecular flexibility index (Phi) is 4.29. The maximum atomic E-state index is 10.3. The predicted molar refractivity (Wildman–Crippen MR) is 63.0 cm³/mol. The lowest BCUT2D eigenvalue weighted by Gasteiger charge is -2.36. The zero-order chi connectivity index (χ0) is 11.3. The van der Waals surface area contributed by atoms with Crippen LogP contribution in [0.4, 0.5) is 0 Å². The molecule has 0 saturated carbocycles. The Morgan fingerprint density at radius 1 is 1.53 bits per heavy atom. The predicted octanol–water partition coefficient (Wildman–Crippen LogP) is 0.376. The first-order chi connectivity index (χ1) is 7.09. The number of likely N-dealkylation sites (tertiary alicyclic amines) is 1. The van der Waals surface area contributed by atoms with Crippen LogP contribution >= 0.6 is 0 Å². The SMILES string of the molecule is CN=CC(=CN)CC1(O)CCN(C)CC1. The van der Waals surface area contributed by atoms with E-state index in [0.717, 1.165) is 31.5 Å². The fourth-order valence-corrected chi connectivity index (χ4v) is 1.90. The molecule has 0 bridgehead atoms. The van der Waals surface area contributed by atoms with Crippen LogP contribution in [0.25, 0.3) is 0 Å². The molecule has 1 aliphatic heterocycles. The third kappa shape index (κ3) is 3.64. The molecule has 1 fully saturated rings. The van der Waals surface area contributed by atoms with Crippen molar-refractivity contribution in [1.82, 2.24) is 4.90 Å². The van der Waals surface area contributed by atoms with Crippen molar-refractivity contribution in [2.45, 2.75) is 24.9 Å². The van der Waals surface area contributed by atoms with E-state index < -0.39 is 5.60 Å². The molecule has 1 rings (SSSR count). The van der Waals surface area contributed by atoms with Gasteiger partial charge in [-0.15, -0.1) is 0 Å². The summed E-state index contributed by atoms with van der Waals surface area (Å²) in [5.74, 6) is 0. The smallest absolute Gasteiger partial charge is 0.0713 e. The fourth-order valence-electron chi connectivity index (χ4n) is 1.90. The summed E-state index contributed by atoms with van der Waals surface area (Å²) in [5, 5.41) is 10.3. The standard InChI is InChI=1S/C11H21N3O/c1-13-9-10(8-12)7-11(15)3-5-14(2)6-4-11/h8-9,15H,3-7,12H2,1-2H3. The molecule has 0 amide bonds. The number of nitrogens with two attached hydrogens (primary N) is 1. The first kappa shape index (κ1) is 12.2. The molecule has 4 nitrogen and oxygen atoms in total. The molecule has 4 heteroatoms. The van der Waals surface area contributed by atoms with E-state index in [9.17, 15) is 5.11 Å². The molecule has 0 radical (unpaired) electrons. The van der Waals surface area contributed by atoms with Gasteiger partial charge in [0.2, 0.25) is 0 Å². The summed E-state index contributed by atoms with van der Waals surface area (Å²) >= 11 is 0. The zero-order valence-corrected chi connectivity index (χ0v) is 9.61. The molecule has 1 saturated heterocycles. The van der Waals surface area contributed by atoms with E-state index in [4.69, 9.17) is 5.73 Å². The number of aliphatic imine (C=N–C) groups is 1. The van der Waals surface area contributed by atoms with E-state index in [0.29, 0.717) is 6.42 Å². The van der Waals surface area contributed by atoms with Crippen LogP contribution in [-0.2, 0) is 0 Å². The summed E-state index contributed by atoms with van der Waals surface area (Å²) in [5.41, 5.74) is 5.80. The third-order valence-electron chi connectivity index (χ3n) is 2.96. The van der Waals surface area contributed by atoms with Crippen LogP contribution in [0.1, 0.15) is 19.3 Å². The topological polar surface area (TPSA) is 61.9 Å². The largest absolute Gasteiger partial charge is 0.404 e. The fraction of sp³-hybridized carbons (Fsp3) is 0.727. The molecule has 15 heavy (non-hydrogen) atoms. The molecular weight excluding hydrogens is 190 g/mol. The van der Waals surface area contributed by atoms with Gasteiger partial charge in [-0.25, -0.2) is 0 Å². The van der Waals surface area contributed by atoms with Crippen molar-refractivity contribution in [3.05, 3.63) is 11.8 Å². The summed E-state index contributed by atoms with van der Waals surface area (Å²) in [4.78, 5) is 6.15. The van der Waals surface area contributed by atoms with Gasteiger partial charge in [-0.1, -0.05) is 0 Å². The summed E-state index contributed by atoms with van der Waals surface area (Å²) in [6, 6.07) is 0. The second-order valence-corrected chi connectivity index (χ2v) is 4.33. The minimum absolute atomic E-state index is 0.598. The molecular formula is C11H21N3O. The highest BCUT2D eigenvalue weighted by Crippen LogP contribution is 2.27. The zero-order valence-electron chi connectivity index (χ0n) is 9.61. The van der Waals surface area contributed by atoms with Crippen molar-refractivity contribution >= 4 is 6.21 Å². The Balaban J connectivity index is 2.56. The maximum Gasteiger partial charge on any atom is 0.0713 e. The van der Waals surface area contributed by atoms with Gasteiger partial charge in [0.25, 0.3) is 0 Å². The van der Waals surface area contributed by atoms with Gasteiger partial charge < -0.3 is 15.7 Å². The Morgan fingerprint density at radius 3 is 2.60 bits per heavy atom. The second kappa shape index (κ2) is 5.28. The first-order valence-electron chi connectivity index (χ1n) is 5.33. The molecule has 86 valence electrons. The van der Waals surface area contributed by atoms with Crippen molar-refractivity contribution in [2.24, 2.45) is 10.7 Å². The third-order valence-corrected chi connectivity index (χ3v) is 2.96. The van der Waals surface area contributed by atoms with Crippen LogP contribution in [0, 0.1) is 0 Å². The van der Waals surface area contributed by atoms with Crippen molar-refractivity contribution in [3.8, 4) is 0 Å². The molecule has 0 aliphatic carbocycles. The molecule has 0 aromatic carbocycles. The molecule has 1 aliphatic rings. The van der Waals surface area contributed by atoms with Gasteiger partial charge in [0.05, 0.1) is 5.60 Å². The highest BCUT2D eigenvalue weighted by atomic mass is 16.3. The van der Waals surface area contributed by atoms with Crippen molar-refractivity contribution in [1.29, 1.82) is 0 Å². The minimum Gasteiger partial charge on any atom is -0.404 e. The van der Waals surface area contributed by atoms with Crippen LogP contribution in [-0.4, -0.2) is 49.0 Å². The van der Waals surface area contributed by atoms with Gasteiger partial charge in [0.15, 0.2) is 0 Å². The summed E-state index contributed by atoms with van der Waals surface area (Å²) < 4.78 is 0. The summed E-state index contributed by atoms with van der Waals surface area (Å²) in [7, 11) is 3.79. The average Bonchev–Trinajstić information content (AvgIpc) is 2.22. The Labute approximate surface area is 91.5 Å². The lowest BCUT2D eigenvalue weighted by atomic mass is 9.86. The molecule has 0 spiro atoms. The molecule has 0 unspecified atom stereocenters. The van der Waals surface area contributed by atoms with Crippen LogP contribution in [0.3, 0.4) is 0 Å². The van der Waals surface area contributed by atoms with Gasteiger partial charge in [-0.2, -0.15) is 0 Å². The Bertz CT molecular complexity index is 253. The van der Waals surface area contributed by atoms with Gasteiger partial charge in [-0.3, -0.25) is 4.99 Å². The number of aliphatic hydroxyl groups is 1. The van der Waals surface area contributed by atoms with Crippen LogP contribution in [0.5, 0.6) is 0 Å². The van der Waals surface area contributed by atoms with Gasteiger partial charge in [-0.05, 0) is 31.7 Å². The molecule has 3 N–H and O–H groups in total. The minimum atomic E-state index is -0.598. The highest BCUT2D eigenvalue weighted by Gasteiger charge is 2.31. The van der Waals surface area contributed by atoms with E-state index in [1.807, 2.05) is 0 Å². The Hall–Kier alpha value is -0.870. The molecule has 0 aromatic rings. The second-order valence-electron chi connectivity index (χ2n) is 4.33. The first-order valence-corrected chi connectivity index (χ1v) is 5.33. The van der Waals surface area contributed by atoms with Crippen molar-refractivity contribution in [3.63, 3.8) is 0 Å². The summed E-state index contributed by atoms with van der Waals surface area (Å²) in [6.07, 6.45) is 5.46. The van der Waals surface area contributed by atoms with E-state index in [2.05, 4.69) is 16.9 Å². The van der Waals surface area contributed by atoms with Crippen LogP contribution in [0.2, 0.25) is 0 Å². The molecule has 1 heterocycles. The summed E-state index contributed by atoms with van der Waals surface area (Å²) in [6.45, 7) is 1.88.